The number of hydrogen-bond acceptors (Lipinski definition) is 2. The van der Waals surface area contributed by atoms with E-state index in [9.17, 15) is 4.79 Å². The Bertz CT molecular complexity index is 389. The van der Waals surface area contributed by atoms with Crippen molar-refractivity contribution in [1.29, 1.82) is 0 Å². The highest BCUT2D eigenvalue weighted by molar-refractivity contribution is 9.10. The quantitative estimate of drug-likeness (QED) is 0.717. The van der Waals surface area contributed by atoms with Crippen LogP contribution in [-0.4, -0.2) is 11.9 Å². The molecule has 13 heavy (non-hydrogen) atoms. The second-order valence-corrected chi connectivity index (χ2v) is 4.21. The van der Waals surface area contributed by atoms with Crippen LogP contribution in [0.25, 0.3) is 0 Å². The summed E-state index contributed by atoms with van der Waals surface area (Å²) < 4.78 is 6.10. The Balaban J connectivity index is 2.64. The van der Waals surface area contributed by atoms with Crippen LogP contribution in [0.1, 0.15) is 17.3 Å². The molecular weight excluding hydrogens is 255 g/mol. The minimum atomic E-state index is -0.415. The summed E-state index contributed by atoms with van der Waals surface area (Å²) in [5.41, 5.74) is 0.562. The summed E-state index contributed by atoms with van der Waals surface area (Å²) in [6.45, 7) is 1.71. The normalized spacial score (nSPS) is 19.9. The van der Waals surface area contributed by atoms with Gasteiger partial charge in [0.2, 0.25) is 5.78 Å². The number of fused-ring (bicyclic) bond motifs is 1. The van der Waals surface area contributed by atoms with E-state index >= 15 is 0 Å². The van der Waals surface area contributed by atoms with E-state index in [0.717, 1.165) is 4.47 Å². The molecule has 0 aliphatic carbocycles. The second kappa shape index (κ2) is 3.00. The number of ketones is 1. The molecule has 0 fully saturated rings. The number of hydrogen-bond donors (Lipinski definition) is 0. The third-order valence-electron chi connectivity index (χ3n) is 1.94. The molecule has 0 amide bonds. The predicted molar refractivity (Wildman–Crippen MR) is 53.6 cm³/mol. The predicted octanol–water partition coefficient (Wildman–Crippen LogP) is 3.07. The average Bonchev–Trinajstić information content (AvgIpc) is 2.32. The number of carbonyl (C=O) groups excluding carboxylic acids is 1. The Kier molecular flexibility index (Phi) is 2.08. The van der Waals surface area contributed by atoms with Gasteiger partial charge in [-0.1, -0.05) is 27.5 Å². The van der Waals surface area contributed by atoms with Gasteiger partial charge in [0.1, 0.15) is 5.75 Å². The maximum atomic E-state index is 11.5. The molecule has 1 aromatic carbocycles. The van der Waals surface area contributed by atoms with E-state index in [1.165, 1.54) is 0 Å². The molecule has 0 spiro atoms. The van der Waals surface area contributed by atoms with Gasteiger partial charge in [0.05, 0.1) is 10.6 Å². The smallest absolute Gasteiger partial charge is 0.206 e. The maximum absolute atomic E-state index is 11.5. The molecule has 1 aromatic rings. The van der Waals surface area contributed by atoms with Crippen molar-refractivity contribution < 1.29 is 9.53 Å². The monoisotopic (exact) mass is 260 g/mol. The number of rotatable bonds is 0. The number of Topliss-reactive ketones (excluding diaryl/α,β-unsaturated/α-hetero) is 1. The van der Waals surface area contributed by atoms with E-state index in [0.29, 0.717) is 16.3 Å². The van der Waals surface area contributed by atoms with E-state index < -0.39 is 6.10 Å². The molecule has 0 saturated carbocycles. The molecular formula is C9H6BrClO2. The highest BCUT2D eigenvalue weighted by atomic mass is 79.9. The summed E-state index contributed by atoms with van der Waals surface area (Å²) in [6, 6.07) is 3.44. The fraction of sp³-hybridized carbons (Fsp3) is 0.222. The Labute approximate surface area is 89.0 Å². The molecule has 1 atom stereocenters. The van der Waals surface area contributed by atoms with Crippen LogP contribution in [0.5, 0.6) is 5.75 Å². The maximum Gasteiger partial charge on any atom is 0.206 e. The Hall–Kier alpha value is -0.540. The van der Waals surface area contributed by atoms with Gasteiger partial charge >= 0.3 is 0 Å². The first-order valence-corrected chi connectivity index (χ1v) is 4.96. The zero-order valence-electron chi connectivity index (χ0n) is 6.80. The minimum absolute atomic E-state index is 0.0156. The molecule has 1 unspecified atom stereocenters. The van der Waals surface area contributed by atoms with Crippen molar-refractivity contribution in [2.75, 3.05) is 0 Å². The summed E-state index contributed by atoms with van der Waals surface area (Å²) in [5, 5.41) is 0.474. The first kappa shape index (κ1) is 9.03. The Morgan fingerprint density at radius 1 is 1.54 bits per heavy atom. The lowest BCUT2D eigenvalue weighted by molar-refractivity contribution is 0.0878. The molecule has 1 aliphatic heterocycles. The van der Waals surface area contributed by atoms with Crippen molar-refractivity contribution in [1.82, 2.24) is 0 Å². The van der Waals surface area contributed by atoms with Crippen molar-refractivity contribution in [3.05, 3.63) is 27.2 Å². The van der Waals surface area contributed by atoms with Crippen LogP contribution in [0.4, 0.5) is 0 Å². The fourth-order valence-corrected chi connectivity index (χ4v) is 2.17. The van der Waals surface area contributed by atoms with Crippen LogP contribution in [0.3, 0.4) is 0 Å². The Morgan fingerprint density at radius 3 is 2.92 bits per heavy atom. The summed E-state index contributed by atoms with van der Waals surface area (Å²) in [7, 11) is 0. The first-order chi connectivity index (χ1) is 6.09. The molecule has 0 bridgehead atoms. The zero-order valence-corrected chi connectivity index (χ0v) is 9.15. The number of ether oxygens (including phenoxy) is 1. The van der Waals surface area contributed by atoms with Gasteiger partial charge in [-0.15, -0.1) is 0 Å². The SMILES string of the molecule is CC1Oc2c(Cl)cc(Br)cc2C1=O. The summed E-state index contributed by atoms with van der Waals surface area (Å²) in [5.74, 6) is 0.487. The van der Waals surface area contributed by atoms with E-state index in [2.05, 4.69) is 15.9 Å². The van der Waals surface area contributed by atoms with Gasteiger partial charge in [-0.25, -0.2) is 0 Å². The van der Waals surface area contributed by atoms with Gasteiger partial charge in [0.15, 0.2) is 6.10 Å². The van der Waals surface area contributed by atoms with Gasteiger partial charge in [-0.2, -0.15) is 0 Å². The summed E-state index contributed by atoms with van der Waals surface area (Å²) in [6.07, 6.45) is -0.415. The van der Waals surface area contributed by atoms with Crippen LogP contribution >= 0.6 is 27.5 Å². The second-order valence-electron chi connectivity index (χ2n) is 2.89. The number of halogens is 2. The van der Waals surface area contributed by atoms with E-state index in [-0.39, 0.29) is 5.78 Å². The molecule has 2 rings (SSSR count). The minimum Gasteiger partial charge on any atom is -0.480 e. The molecule has 68 valence electrons. The summed E-state index contributed by atoms with van der Waals surface area (Å²) in [4.78, 5) is 11.5. The standard InChI is InChI=1S/C9H6BrClO2/c1-4-8(12)6-2-5(10)3-7(11)9(6)13-4/h2-4H,1H3. The lowest BCUT2D eigenvalue weighted by atomic mass is 10.1. The van der Waals surface area contributed by atoms with Gasteiger partial charge < -0.3 is 4.74 Å². The van der Waals surface area contributed by atoms with Crippen LogP contribution in [0, 0.1) is 0 Å². The van der Waals surface area contributed by atoms with Crippen LogP contribution in [0.2, 0.25) is 5.02 Å². The van der Waals surface area contributed by atoms with Crippen LogP contribution in [0.15, 0.2) is 16.6 Å². The average molecular weight is 262 g/mol. The lowest BCUT2D eigenvalue weighted by Crippen LogP contribution is -2.14. The molecule has 1 aliphatic rings. The molecule has 4 heteroatoms. The molecule has 1 heterocycles. The van der Waals surface area contributed by atoms with Gasteiger partial charge in [-0.3, -0.25) is 4.79 Å². The number of carbonyl (C=O) groups is 1. The molecule has 2 nitrogen and oxygen atoms in total. The topological polar surface area (TPSA) is 26.3 Å². The molecule has 0 radical (unpaired) electrons. The molecule has 0 aromatic heterocycles. The van der Waals surface area contributed by atoms with Crippen LogP contribution in [-0.2, 0) is 0 Å². The first-order valence-electron chi connectivity index (χ1n) is 3.79. The lowest BCUT2D eigenvalue weighted by Gasteiger charge is -2.02. The zero-order chi connectivity index (χ0) is 9.59. The van der Waals surface area contributed by atoms with E-state index in [1.807, 2.05) is 0 Å². The van der Waals surface area contributed by atoms with Crippen LogP contribution < -0.4 is 4.74 Å². The van der Waals surface area contributed by atoms with E-state index in [1.54, 1.807) is 19.1 Å². The highest BCUT2D eigenvalue weighted by Crippen LogP contribution is 2.38. The molecule has 0 N–H and O–H groups in total. The van der Waals surface area contributed by atoms with Crippen molar-refractivity contribution >= 4 is 33.3 Å². The third kappa shape index (κ3) is 1.36. The van der Waals surface area contributed by atoms with Gasteiger partial charge in [0.25, 0.3) is 0 Å². The largest absolute Gasteiger partial charge is 0.480 e. The van der Waals surface area contributed by atoms with Crippen molar-refractivity contribution in [3.63, 3.8) is 0 Å². The number of benzene rings is 1. The van der Waals surface area contributed by atoms with Crippen molar-refractivity contribution in [2.45, 2.75) is 13.0 Å². The Morgan fingerprint density at radius 2 is 2.23 bits per heavy atom. The highest BCUT2D eigenvalue weighted by Gasteiger charge is 2.30. The summed E-state index contributed by atoms with van der Waals surface area (Å²) >= 11 is 9.17. The third-order valence-corrected chi connectivity index (χ3v) is 2.68. The fourth-order valence-electron chi connectivity index (χ4n) is 1.31. The van der Waals surface area contributed by atoms with Gasteiger partial charge in [-0.05, 0) is 19.1 Å². The molecule has 0 saturated heterocycles. The van der Waals surface area contributed by atoms with Gasteiger partial charge in [0, 0.05) is 4.47 Å². The van der Waals surface area contributed by atoms with E-state index in [4.69, 9.17) is 16.3 Å². The van der Waals surface area contributed by atoms with Crippen molar-refractivity contribution in [3.8, 4) is 5.75 Å². The van der Waals surface area contributed by atoms with Crippen molar-refractivity contribution in [2.24, 2.45) is 0 Å².